The molecular formula is C31H31F3N10O6. The summed E-state index contributed by atoms with van der Waals surface area (Å²) in [6.45, 7) is 1.87. The van der Waals surface area contributed by atoms with Gasteiger partial charge in [0, 0.05) is 51.7 Å². The molecule has 0 saturated heterocycles. The summed E-state index contributed by atoms with van der Waals surface area (Å²) < 4.78 is 46.3. The molecule has 0 saturated carbocycles. The van der Waals surface area contributed by atoms with E-state index in [9.17, 15) is 42.3 Å². The Kier molecular flexibility index (Phi) is 9.05. The van der Waals surface area contributed by atoms with E-state index >= 15 is 0 Å². The van der Waals surface area contributed by atoms with E-state index in [-0.39, 0.29) is 35.7 Å². The summed E-state index contributed by atoms with van der Waals surface area (Å²) in [5.74, 6) is -0.0894. The van der Waals surface area contributed by atoms with Crippen LogP contribution in [0.5, 0.6) is 0 Å². The van der Waals surface area contributed by atoms with Crippen molar-refractivity contribution >= 4 is 28.1 Å². The molecular weight excluding hydrogens is 665 g/mol. The van der Waals surface area contributed by atoms with Gasteiger partial charge in [-0.1, -0.05) is 6.07 Å². The lowest BCUT2D eigenvalue weighted by atomic mass is 9.97. The second kappa shape index (κ2) is 12.8. The van der Waals surface area contributed by atoms with Crippen molar-refractivity contribution in [3.8, 4) is 0 Å². The van der Waals surface area contributed by atoms with E-state index in [0.717, 1.165) is 21.4 Å². The van der Waals surface area contributed by atoms with Gasteiger partial charge in [0.25, 0.3) is 11.1 Å². The number of pyridine rings is 2. The van der Waals surface area contributed by atoms with Crippen LogP contribution in [0.3, 0.4) is 0 Å². The first-order valence-corrected chi connectivity index (χ1v) is 14.8. The second-order valence-electron chi connectivity index (χ2n) is 11.7. The predicted octanol–water partition coefficient (Wildman–Crippen LogP) is 0.726. The smallest absolute Gasteiger partial charge is 0.376 e. The first-order chi connectivity index (χ1) is 23.3. The van der Waals surface area contributed by atoms with E-state index in [1.807, 2.05) is 0 Å². The average Bonchev–Trinajstić information content (AvgIpc) is 3.66. The van der Waals surface area contributed by atoms with E-state index in [0.29, 0.717) is 29.3 Å². The van der Waals surface area contributed by atoms with E-state index in [4.69, 9.17) is 0 Å². The van der Waals surface area contributed by atoms with Crippen molar-refractivity contribution < 1.29 is 23.1 Å². The molecule has 6 aromatic heterocycles. The van der Waals surface area contributed by atoms with Crippen molar-refractivity contribution in [1.29, 1.82) is 0 Å². The lowest BCUT2D eigenvalue weighted by Gasteiger charge is -2.26. The maximum atomic E-state index is 12.9. The fourth-order valence-electron chi connectivity index (χ4n) is 5.09. The Balaban J connectivity index is 0.000000197. The van der Waals surface area contributed by atoms with E-state index in [2.05, 4.69) is 19.9 Å². The SMILES string of the molecule is CC(=O)c1ccc(Cn2c(=O)c3c(ncn3C)n(C)c2=O)nc1.Cn1cnc2c1c(=O)n(Cc1ccc(C(C)(O)C(F)(F)F)cn1)c(=O)n2C. The molecule has 0 amide bonds. The number of imidazole rings is 2. The third-order valence-electron chi connectivity index (χ3n) is 8.21. The number of rotatable bonds is 6. The standard InChI is InChI=1S/C16H16F3N5O3.C15H15N5O3/c1-15(27,16(17,18)19)9-4-5-10(20-6-9)7-24-13(25)11-12(21-8-22(11)2)23(3)14(24)26;1-9(21)10-4-5-11(16-6-10)7-20-14(22)12-13(17-8-18(12)2)19(3)15(20)23/h4-6,8,27H,7H2,1-3H3;4-6,8H,7H2,1-3H3. The number of carbonyl (C=O) groups is 1. The van der Waals surface area contributed by atoms with Gasteiger partial charge >= 0.3 is 17.6 Å². The highest BCUT2D eigenvalue weighted by Crippen LogP contribution is 2.38. The normalized spacial score (nSPS) is 12.9. The van der Waals surface area contributed by atoms with Crippen LogP contribution >= 0.6 is 0 Å². The Bertz CT molecular complexity index is 2500. The summed E-state index contributed by atoms with van der Waals surface area (Å²) in [5, 5.41) is 9.67. The minimum absolute atomic E-state index is 0.0326. The number of hydrogen-bond donors (Lipinski definition) is 1. The molecule has 0 aliphatic carbocycles. The maximum Gasteiger partial charge on any atom is 0.421 e. The molecule has 16 nitrogen and oxygen atoms in total. The summed E-state index contributed by atoms with van der Waals surface area (Å²) >= 11 is 0. The number of ketones is 1. The highest BCUT2D eigenvalue weighted by molar-refractivity contribution is 5.93. The van der Waals surface area contributed by atoms with Crippen LogP contribution in [-0.4, -0.2) is 64.4 Å². The van der Waals surface area contributed by atoms with Crippen LogP contribution in [0.2, 0.25) is 0 Å². The zero-order valence-corrected chi connectivity index (χ0v) is 27.6. The van der Waals surface area contributed by atoms with Crippen LogP contribution in [0.15, 0.2) is 68.5 Å². The van der Waals surface area contributed by atoms with Crippen LogP contribution in [0.25, 0.3) is 22.3 Å². The van der Waals surface area contributed by atoms with Crippen molar-refractivity contribution in [3.05, 3.63) is 114 Å². The van der Waals surface area contributed by atoms with Crippen molar-refractivity contribution in [2.45, 2.75) is 38.7 Å². The molecule has 6 heterocycles. The monoisotopic (exact) mass is 696 g/mol. The van der Waals surface area contributed by atoms with Crippen LogP contribution in [-0.2, 0) is 46.9 Å². The fourth-order valence-corrected chi connectivity index (χ4v) is 5.09. The van der Waals surface area contributed by atoms with Gasteiger partial charge in [0.1, 0.15) is 0 Å². The van der Waals surface area contributed by atoms with E-state index in [1.165, 1.54) is 52.6 Å². The third kappa shape index (κ3) is 6.17. The fraction of sp³-hybridized carbons (Fsp3) is 0.323. The number of hydrogen-bond acceptors (Lipinski definition) is 10. The summed E-state index contributed by atoms with van der Waals surface area (Å²) in [6.07, 6.45) is 0.349. The highest BCUT2D eigenvalue weighted by Gasteiger charge is 2.51. The average molecular weight is 697 g/mol. The molecule has 6 aromatic rings. The number of alkyl halides is 3. The molecule has 0 radical (unpaired) electrons. The van der Waals surface area contributed by atoms with E-state index < -0.39 is 39.8 Å². The topological polar surface area (TPSA) is 187 Å². The number of halogens is 3. The molecule has 0 aromatic carbocycles. The van der Waals surface area contributed by atoms with Crippen molar-refractivity contribution in [1.82, 2.24) is 47.3 Å². The largest absolute Gasteiger partial charge is 0.421 e. The van der Waals surface area contributed by atoms with Crippen molar-refractivity contribution in [2.75, 3.05) is 0 Å². The van der Waals surface area contributed by atoms with Crippen molar-refractivity contribution in [3.63, 3.8) is 0 Å². The predicted molar refractivity (Wildman–Crippen MR) is 173 cm³/mol. The van der Waals surface area contributed by atoms with Crippen LogP contribution in [0.1, 0.15) is 41.2 Å². The zero-order chi connectivity index (χ0) is 36.9. The number of fused-ring (bicyclic) bond motifs is 2. The van der Waals surface area contributed by atoms with Crippen LogP contribution in [0, 0.1) is 0 Å². The number of Topliss-reactive ketones (excluding diaryl/α,β-unsaturated/α-hetero) is 1. The summed E-state index contributed by atoms with van der Waals surface area (Å²) in [4.78, 5) is 77.4. The van der Waals surface area contributed by atoms with Gasteiger partial charge in [-0.25, -0.2) is 19.6 Å². The van der Waals surface area contributed by atoms with Gasteiger partial charge in [-0.3, -0.25) is 42.6 Å². The quantitative estimate of drug-likeness (QED) is 0.243. The summed E-state index contributed by atoms with van der Waals surface area (Å²) in [5.41, 5.74) is -3.24. The van der Waals surface area contributed by atoms with Gasteiger partial charge in [-0.2, -0.15) is 13.2 Å². The number of aryl methyl sites for hydroxylation is 4. The molecule has 0 aliphatic heterocycles. The molecule has 0 fully saturated rings. The number of aromatic nitrogens is 10. The molecule has 1 unspecified atom stereocenters. The molecule has 1 N–H and O–H groups in total. The summed E-state index contributed by atoms with van der Waals surface area (Å²) in [7, 11) is 6.34. The first kappa shape index (κ1) is 35.3. The van der Waals surface area contributed by atoms with Crippen LogP contribution in [0.4, 0.5) is 13.2 Å². The Morgan fingerprint density at radius 2 is 1.16 bits per heavy atom. The lowest BCUT2D eigenvalue weighted by molar-refractivity contribution is -0.259. The molecule has 262 valence electrons. The molecule has 0 spiro atoms. The van der Waals surface area contributed by atoms with Gasteiger partial charge < -0.3 is 14.2 Å². The third-order valence-corrected chi connectivity index (χ3v) is 8.21. The van der Waals surface area contributed by atoms with Crippen molar-refractivity contribution in [2.24, 2.45) is 28.2 Å². The van der Waals surface area contributed by atoms with Gasteiger partial charge in [0.2, 0.25) is 0 Å². The minimum atomic E-state index is -4.87. The number of carbonyl (C=O) groups excluding carboxylic acids is 1. The van der Waals surface area contributed by atoms with Crippen LogP contribution < -0.4 is 22.5 Å². The lowest BCUT2D eigenvalue weighted by Crippen LogP contribution is -2.40. The zero-order valence-electron chi connectivity index (χ0n) is 27.6. The first-order valence-electron chi connectivity index (χ1n) is 14.8. The van der Waals surface area contributed by atoms with E-state index in [1.54, 1.807) is 37.8 Å². The Morgan fingerprint density at radius 3 is 1.52 bits per heavy atom. The summed E-state index contributed by atoms with van der Waals surface area (Å²) in [6, 6.07) is 5.56. The number of aliphatic hydroxyl groups is 1. The Labute approximate surface area is 279 Å². The minimum Gasteiger partial charge on any atom is -0.376 e. The molecule has 19 heteroatoms. The highest BCUT2D eigenvalue weighted by atomic mass is 19.4. The Hall–Kier alpha value is -5.98. The number of nitrogens with zero attached hydrogens (tertiary/aromatic N) is 10. The molecule has 0 aliphatic rings. The molecule has 1 atom stereocenters. The van der Waals surface area contributed by atoms with Gasteiger partial charge in [0.15, 0.2) is 33.7 Å². The molecule has 50 heavy (non-hydrogen) atoms. The Morgan fingerprint density at radius 1 is 0.720 bits per heavy atom. The van der Waals surface area contributed by atoms with Gasteiger partial charge in [-0.05, 0) is 32.0 Å². The van der Waals surface area contributed by atoms with Gasteiger partial charge in [0.05, 0.1) is 37.1 Å². The molecule has 6 rings (SSSR count). The molecule has 0 bridgehead atoms. The second-order valence-corrected chi connectivity index (χ2v) is 11.7. The van der Waals surface area contributed by atoms with Gasteiger partial charge in [-0.15, -0.1) is 0 Å². The maximum absolute atomic E-state index is 12.9.